The lowest BCUT2D eigenvalue weighted by molar-refractivity contribution is -0.142. The van der Waals surface area contributed by atoms with Gasteiger partial charge in [0.25, 0.3) is 0 Å². The predicted octanol–water partition coefficient (Wildman–Crippen LogP) is 2.04. The van der Waals surface area contributed by atoms with Crippen LogP contribution in [-0.4, -0.2) is 18.9 Å². The van der Waals surface area contributed by atoms with Crippen molar-refractivity contribution in [3.8, 4) is 6.07 Å². The van der Waals surface area contributed by atoms with E-state index in [1.807, 2.05) is 6.92 Å². The number of aryl methyl sites for hydroxylation is 1. The van der Waals surface area contributed by atoms with Gasteiger partial charge in [-0.1, -0.05) is 13.0 Å². The van der Waals surface area contributed by atoms with Crippen LogP contribution in [0.3, 0.4) is 0 Å². The quantitative estimate of drug-likeness (QED) is 0.588. The van der Waals surface area contributed by atoms with Crippen LogP contribution in [0.4, 0.5) is 0 Å². The molecule has 0 N–H and O–H groups in total. The van der Waals surface area contributed by atoms with Crippen molar-refractivity contribution in [2.75, 3.05) is 6.61 Å². The Morgan fingerprint density at radius 1 is 1.39 bits per heavy atom. The molecule has 0 saturated heterocycles. The fourth-order valence-electron chi connectivity index (χ4n) is 1.74. The summed E-state index contributed by atoms with van der Waals surface area (Å²) in [7, 11) is 0. The molecule has 0 aromatic heterocycles. The zero-order valence-corrected chi connectivity index (χ0v) is 10.5. The van der Waals surface area contributed by atoms with Crippen molar-refractivity contribution in [2.45, 2.75) is 26.7 Å². The van der Waals surface area contributed by atoms with E-state index in [1.165, 1.54) is 6.07 Å². The van der Waals surface area contributed by atoms with Gasteiger partial charge in [-0.05, 0) is 30.5 Å². The first-order valence-corrected chi connectivity index (χ1v) is 5.82. The lowest BCUT2D eigenvalue weighted by Crippen LogP contribution is -2.10. The Balaban J connectivity index is 3.14. The molecule has 0 aliphatic heterocycles. The van der Waals surface area contributed by atoms with Gasteiger partial charge >= 0.3 is 5.97 Å². The van der Waals surface area contributed by atoms with Gasteiger partial charge in [0.1, 0.15) is 6.29 Å². The predicted molar refractivity (Wildman–Crippen MR) is 66.3 cm³/mol. The van der Waals surface area contributed by atoms with E-state index in [0.717, 1.165) is 5.56 Å². The van der Waals surface area contributed by atoms with Crippen molar-refractivity contribution in [3.05, 3.63) is 34.4 Å². The van der Waals surface area contributed by atoms with Crippen LogP contribution in [0.1, 0.15) is 40.9 Å². The second-order valence-corrected chi connectivity index (χ2v) is 3.77. The summed E-state index contributed by atoms with van der Waals surface area (Å²) in [6.07, 6.45) is 1.40. The Labute approximate surface area is 106 Å². The first-order valence-electron chi connectivity index (χ1n) is 5.82. The molecule has 1 aromatic rings. The van der Waals surface area contributed by atoms with E-state index in [0.29, 0.717) is 36.0 Å². The van der Waals surface area contributed by atoms with Crippen LogP contribution in [0, 0.1) is 11.3 Å². The Morgan fingerprint density at radius 3 is 2.61 bits per heavy atom. The highest BCUT2D eigenvalue weighted by atomic mass is 16.5. The summed E-state index contributed by atoms with van der Waals surface area (Å²) in [5.41, 5.74) is 2.30. The monoisotopic (exact) mass is 245 g/mol. The molecule has 0 atom stereocenters. The summed E-state index contributed by atoms with van der Waals surface area (Å²) in [4.78, 5) is 22.4. The van der Waals surface area contributed by atoms with Gasteiger partial charge in [0.05, 0.1) is 24.7 Å². The molecule has 4 heteroatoms. The minimum atomic E-state index is -0.368. The summed E-state index contributed by atoms with van der Waals surface area (Å²) in [5, 5.41) is 8.97. The molecule has 4 nitrogen and oxygen atoms in total. The van der Waals surface area contributed by atoms with E-state index in [1.54, 1.807) is 13.0 Å². The molecule has 0 aliphatic carbocycles. The largest absolute Gasteiger partial charge is 0.466 e. The summed E-state index contributed by atoms with van der Waals surface area (Å²) in [5.74, 6) is -0.368. The molecular formula is C14H15NO3. The maximum Gasteiger partial charge on any atom is 0.310 e. The number of hydrogen-bond donors (Lipinski definition) is 0. The summed E-state index contributed by atoms with van der Waals surface area (Å²) >= 11 is 0. The Morgan fingerprint density at radius 2 is 2.11 bits per heavy atom. The molecular weight excluding hydrogens is 230 g/mol. The number of rotatable bonds is 5. The van der Waals surface area contributed by atoms with Gasteiger partial charge in [-0.15, -0.1) is 0 Å². The lowest BCUT2D eigenvalue weighted by atomic mass is 9.96. The summed E-state index contributed by atoms with van der Waals surface area (Å²) < 4.78 is 4.86. The zero-order valence-electron chi connectivity index (χ0n) is 10.5. The Bertz CT molecular complexity index is 500. The number of nitriles is 1. The van der Waals surface area contributed by atoms with Crippen molar-refractivity contribution in [1.29, 1.82) is 5.26 Å². The number of carbonyl (C=O) groups excluding carboxylic acids is 2. The number of benzene rings is 1. The lowest BCUT2D eigenvalue weighted by Gasteiger charge is -2.08. The highest BCUT2D eigenvalue weighted by molar-refractivity contribution is 5.82. The van der Waals surface area contributed by atoms with Crippen molar-refractivity contribution >= 4 is 12.3 Å². The fourth-order valence-corrected chi connectivity index (χ4v) is 1.74. The van der Waals surface area contributed by atoms with E-state index < -0.39 is 0 Å². The second kappa shape index (κ2) is 6.55. The topological polar surface area (TPSA) is 67.2 Å². The normalized spacial score (nSPS) is 9.61. The van der Waals surface area contributed by atoms with Crippen molar-refractivity contribution in [3.63, 3.8) is 0 Å². The third-order valence-corrected chi connectivity index (χ3v) is 2.63. The van der Waals surface area contributed by atoms with Crippen LogP contribution in [0.25, 0.3) is 0 Å². The van der Waals surface area contributed by atoms with E-state index in [-0.39, 0.29) is 12.4 Å². The molecule has 0 fully saturated rings. The number of esters is 1. The Hall–Kier alpha value is -2.15. The second-order valence-electron chi connectivity index (χ2n) is 3.77. The van der Waals surface area contributed by atoms with E-state index in [9.17, 15) is 9.59 Å². The van der Waals surface area contributed by atoms with Gasteiger partial charge < -0.3 is 4.74 Å². The standard InChI is InChI=1S/C14H15NO3/c1-3-10-5-11(7-14(17)18-4-2)13(9-16)6-12(10)8-15/h5-6,9H,3-4,7H2,1-2H3. The first kappa shape index (κ1) is 13.9. The highest BCUT2D eigenvalue weighted by Gasteiger charge is 2.12. The summed E-state index contributed by atoms with van der Waals surface area (Å²) in [6, 6.07) is 5.32. The molecule has 0 unspecified atom stereocenters. The van der Waals surface area contributed by atoms with Crippen LogP contribution in [-0.2, 0) is 22.4 Å². The number of ether oxygens (including phenoxy) is 1. The van der Waals surface area contributed by atoms with Crippen molar-refractivity contribution in [2.24, 2.45) is 0 Å². The van der Waals surface area contributed by atoms with Gasteiger partial charge in [0.2, 0.25) is 0 Å². The Kier molecular flexibility index (Phi) is 5.06. The molecule has 0 heterocycles. The van der Waals surface area contributed by atoms with Crippen LogP contribution in [0.5, 0.6) is 0 Å². The molecule has 0 radical (unpaired) electrons. The van der Waals surface area contributed by atoms with Crippen molar-refractivity contribution < 1.29 is 14.3 Å². The number of carbonyl (C=O) groups is 2. The molecule has 0 amide bonds. The van der Waals surface area contributed by atoms with Crippen molar-refractivity contribution in [1.82, 2.24) is 0 Å². The maximum absolute atomic E-state index is 11.4. The average molecular weight is 245 g/mol. The van der Waals surface area contributed by atoms with Gasteiger partial charge in [-0.25, -0.2) is 0 Å². The molecule has 0 saturated carbocycles. The number of nitrogens with zero attached hydrogens (tertiary/aromatic N) is 1. The molecule has 18 heavy (non-hydrogen) atoms. The van der Waals surface area contributed by atoms with Gasteiger partial charge in [0.15, 0.2) is 0 Å². The number of aldehydes is 1. The molecule has 0 spiro atoms. The smallest absolute Gasteiger partial charge is 0.310 e. The zero-order chi connectivity index (χ0) is 13.5. The van der Waals surface area contributed by atoms with Gasteiger partial charge in [-0.2, -0.15) is 5.26 Å². The summed E-state index contributed by atoms with van der Waals surface area (Å²) in [6.45, 7) is 3.96. The van der Waals surface area contributed by atoms with Crippen LogP contribution in [0.15, 0.2) is 12.1 Å². The molecule has 0 bridgehead atoms. The minimum Gasteiger partial charge on any atom is -0.466 e. The SMILES string of the molecule is CCOC(=O)Cc1cc(CC)c(C#N)cc1C=O. The fraction of sp³-hybridized carbons (Fsp3) is 0.357. The van der Waals surface area contributed by atoms with E-state index >= 15 is 0 Å². The highest BCUT2D eigenvalue weighted by Crippen LogP contribution is 2.17. The third kappa shape index (κ3) is 3.17. The van der Waals surface area contributed by atoms with E-state index in [2.05, 4.69) is 6.07 Å². The first-order chi connectivity index (χ1) is 8.65. The molecule has 1 rings (SSSR count). The van der Waals surface area contributed by atoms with Gasteiger partial charge in [-0.3, -0.25) is 9.59 Å². The molecule has 0 aliphatic rings. The molecule has 94 valence electrons. The molecule has 1 aromatic carbocycles. The number of hydrogen-bond acceptors (Lipinski definition) is 4. The third-order valence-electron chi connectivity index (χ3n) is 2.63. The minimum absolute atomic E-state index is 0.0562. The van der Waals surface area contributed by atoms with Crippen LogP contribution < -0.4 is 0 Å². The van der Waals surface area contributed by atoms with Crippen LogP contribution >= 0.6 is 0 Å². The average Bonchev–Trinajstić information content (AvgIpc) is 2.38. The van der Waals surface area contributed by atoms with Crippen LogP contribution in [0.2, 0.25) is 0 Å². The van der Waals surface area contributed by atoms with Gasteiger partial charge in [0, 0.05) is 5.56 Å². The van der Waals surface area contributed by atoms with E-state index in [4.69, 9.17) is 10.00 Å². The maximum atomic E-state index is 11.4.